The van der Waals surface area contributed by atoms with Gasteiger partial charge in [-0.15, -0.1) is 0 Å². The van der Waals surface area contributed by atoms with E-state index >= 15 is 0 Å². The number of aliphatic carboxylic acids is 1. The molecule has 2 N–H and O–H groups in total. The van der Waals surface area contributed by atoms with Crippen molar-refractivity contribution in [3.05, 3.63) is 0 Å². The quantitative estimate of drug-likeness (QED) is 0.766. The topological polar surface area (TPSA) is 66.4 Å². The number of carboxylic acid groups (broad SMARTS) is 1. The largest absolute Gasteiger partial charge is 0.481 e. The zero-order chi connectivity index (χ0) is 13.6. The average Bonchev–Trinajstić information content (AvgIpc) is 2.36. The fraction of sp³-hybridized carbons (Fsp3) is 0.857. The summed E-state index contributed by atoms with van der Waals surface area (Å²) in [6.07, 6.45) is 6.43. The first-order chi connectivity index (χ1) is 8.50. The third kappa shape index (κ3) is 4.00. The predicted octanol–water partition coefficient (Wildman–Crippen LogP) is 2.57. The second-order valence-electron chi connectivity index (χ2n) is 5.61. The van der Waals surface area contributed by atoms with Crippen LogP contribution in [0.15, 0.2) is 0 Å². The molecule has 4 nitrogen and oxygen atoms in total. The number of carbonyl (C=O) groups is 2. The number of hydrogen-bond acceptors (Lipinski definition) is 2. The van der Waals surface area contributed by atoms with Crippen LogP contribution < -0.4 is 5.32 Å². The molecule has 4 heteroatoms. The Morgan fingerprint density at radius 3 is 2.39 bits per heavy atom. The summed E-state index contributed by atoms with van der Waals surface area (Å²) >= 11 is 0. The molecule has 0 bridgehead atoms. The molecule has 0 aromatic rings. The minimum Gasteiger partial charge on any atom is -0.481 e. The average molecular weight is 255 g/mol. The predicted molar refractivity (Wildman–Crippen MR) is 70.2 cm³/mol. The van der Waals surface area contributed by atoms with E-state index < -0.39 is 5.97 Å². The molecule has 0 heterocycles. The lowest BCUT2D eigenvalue weighted by Crippen LogP contribution is -2.43. The molecule has 104 valence electrons. The number of nitrogens with one attached hydrogen (secondary N) is 1. The second kappa shape index (κ2) is 6.76. The van der Waals surface area contributed by atoms with Gasteiger partial charge >= 0.3 is 5.97 Å². The van der Waals surface area contributed by atoms with E-state index in [1.807, 2.05) is 6.92 Å². The summed E-state index contributed by atoms with van der Waals surface area (Å²) in [5.41, 5.74) is -0.193. The van der Waals surface area contributed by atoms with Crippen LogP contribution in [0.3, 0.4) is 0 Å². The highest BCUT2D eigenvalue weighted by Gasteiger charge is 2.37. The third-order valence-electron chi connectivity index (χ3n) is 4.10. The lowest BCUT2D eigenvalue weighted by Gasteiger charge is -2.35. The number of carboxylic acids is 1. The summed E-state index contributed by atoms with van der Waals surface area (Å²) in [5.74, 6) is -0.689. The first kappa shape index (κ1) is 15.0. The molecule has 1 atom stereocenters. The van der Waals surface area contributed by atoms with E-state index in [-0.39, 0.29) is 23.7 Å². The van der Waals surface area contributed by atoms with Gasteiger partial charge in [0.1, 0.15) is 0 Å². The normalized spacial score (nSPS) is 20.1. The van der Waals surface area contributed by atoms with Crippen molar-refractivity contribution in [2.45, 2.75) is 58.8 Å². The maximum atomic E-state index is 12.3. The summed E-state index contributed by atoms with van der Waals surface area (Å²) in [6, 6.07) is 0. The summed E-state index contributed by atoms with van der Waals surface area (Å²) < 4.78 is 0. The van der Waals surface area contributed by atoms with Crippen LogP contribution in [0.5, 0.6) is 0 Å². The molecule has 1 unspecified atom stereocenters. The molecule has 0 saturated heterocycles. The Labute approximate surface area is 109 Å². The summed E-state index contributed by atoms with van der Waals surface area (Å²) in [4.78, 5) is 22.8. The SMILES string of the molecule is CCC1(C(=O)NCC(C)CC(=O)O)CCCCC1. The van der Waals surface area contributed by atoms with Crippen LogP contribution in [-0.4, -0.2) is 23.5 Å². The molecule has 18 heavy (non-hydrogen) atoms. The second-order valence-corrected chi connectivity index (χ2v) is 5.61. The van der Waals surface area contributed by atoms with E-state index in [0.29, 0.717) is 6.54 Å². The van der Waals surface area contributed by atoms with Gasteiger partial charge in [-0.3, -0.25) is 9.59 Å². The molecular formula is C14H25NO3. The zero-order valence-electron chi connectivity index (χ0n) is 11.5. The molecule has 0 aromatic carbocycles. The third-order valence-corrected chi connectivity index (χ3v) is 4.10. The van der Waals surface area contributed by atoms with Gasteiger partial charge < -0.3 is 10.4 Å². The van der Waals surface area contributed by atoms with E-state index in [2.05, 4.69) is 12.2 Å². The van der Waals surface area contributed by atoms with Crippen LogP contribution in [0.4, 0.5) is 0 Å². The van der Waals surface area contributed by atoms with Crippen molar-refractivity contribution in [1.82, 2.24) is 5.32 Å². The summed E-state index contributed by atoms with van der Waals surface area (Å²) in [5, 5.41) is 11.6. The Balaban J connectivity index is 2.45. The molecule has 1 aliphatic carbocycles. The Morgan fingerprint density at radius 1 is 1.28 bits per heavy atom. The highest BCUT2D eigenvalue weighted by atomic mass is 16.4. The van der Waals surface area contributed by atoms with Gasteiger partial charge in [-0.1, -0.05) is 33.1 Å². The van der Waals surface area contributed by atoms with Crippen LogP contribution in [0.25, 0.3) is 0 Å². The Morgan fingerprint density at radius 2 is 1.89 bits per heavy atom. The maximum absolute atomic E-state index is 12.3. The van der Waals surface area contributed by atoms with E-state index in [9.17, 15) is 9.59 Å². The lowest BCUT2D eigenvalue weighted by molar-refractivity contribution is -0.139. The standard InChI is InChI=1S/C14H25NO3/c1-3-14(7-5-4-6-8-14)13(18)15-10-11(2)9-12(16)17/h11H,3-10H2,1-2H3,(H,15,18)(H,16,17). The van der Waals surface area contributed by atoms with Crippen LogP contribution >= 0.6 is 0 Å². The highest BCUT2D eigenvalue weighted by molar-refractivity contribution is 5.82. The Kier molecular flexibility index (Phi) is 5.63. The van der Waals surface area contributed by atoms with Crippen LogP contribution in [0.2, 0.25) is 0 Å². The van der Waals surface area contributed by atoms with Gasteiger partial charge in [0, 0.05) is 18.4 Å². The van der Waals surface area contributed by atoms with E-state index in [4.69, 9.17) is 5.11 Å². The minimum absolute atomic E-state index is 0.0102. The van der Waals surface area contributed by atoms with Crippen LogP contribution in [0.1, 0.15) is 58.8 Å². The number of amides is 1. The summed E-state index contributed by atoms with van der Waals surface area (Å²) in [6.45, 7) is 4.40. The molecule has 1 fully saturated rings. The highest BCUT2D eigenvalue weighted by Crippen LogP contribution is 2.39. The molecule has 0 radical (unpaired) electrons. The number of carbonyl (C=O) groups excluding carboxylic acids is 1. The fourth-order valence-electron chi connectivity index (χ4n) is 2.79. The van der Waals surface area contributed by atoms with E-state index in [1.165, 1.54) is 6.42 Å². The minimum atomic E-state index is -0.806. The van der Waals surface area contributed by atoms with Gasteiger partial charge in [0.15, 0.2) is 0 Å². The van der Waals surface area contributed by atoms with Crippen molar-refractivity contribution in [3.63, 3.8) is 0 Å². The van der Waals surface area contributed by atoms with Gasteiger partial charge in [-0.2, -0.15) is 0 Å². The van der Waals surface area contributed by atoms with Crippen molar-refractivity contribution in [2.75, 3.05) is 6.54 Å². The van der Waals surface area contributed by atoms with Gasteiger partial charge in [0.25, 0.3) is 0 Å². The Bertz CT molecular complexity index is 295. The maximum Gasteiger partial charge on any atom is 0.303 e. The number of hydrogen-bond donors (Lipinski definition) is 2. The molecule has 0 aromatic heterocycles. The first-order valence-electron chi connectivity index (χ1n) is 7.00. The lowest BCUT2D eigenvalue weighted by atomic mass is 9.71. The molecular weight excluding hydrogens is 230 g/mol. The number of rotatable bonds is 6. The zero-order valence-corrected chi connectivity index (χ0v) is 11.5. The van der Waals surface area contributed by atoms with Gasteiger partial charge in [0.05, 0.1) is 0 Å². The van der Waals surface area contributed by atoms with E-state index in [1.54, 1.807) is 0 Å². The molecule has 1 rings (SSSR count). The molecule has 1 saturated carbocycles. The molecule has 1 aliphatic rings. The van der Waals surface area contributed by atoms with Crippen molar-refractivity contribution >= 4 is 11.9 Å². The summed E-state index contributed by atoms with van der Waals surface area (Å²) in [7, 11) is 0. The van der Waals surface area contributed by atoms with Gasteiger partial charge in [-0.05, 0) is 25.2 Å². The van der Waals surface area contributed by atoms with Crippen molar-refractivity contribution in [1.29, 1.82) is 0 Å². The van der Waals surface area contributed by atoms with Crippen molar-refractivity contribution < 1.29 is 14.7 Å². The fourth-order valence-corrected chi connectivity index (χ4v) is 2.79. The monoisotopic (exact) mass is 255 g/mol. The van der Waals surface area contributed by atoms with E-state index in [0.717, 1.165) is 32.1 Å². The van der Waals surface area contributed by atoms with Crippen molar-refractivity contribution in [2.24, 2.45) is 11.3 Å². The molecule has 1 amide bonds. The van der Waals surface area contributed by atoms with Crippen LogP contribution in [-0.2, 0) is 9.59 Å². The van der Waals surface area contributed by atoms with Gasteiger partial charge in [0.2, 0.25) is 5.91 Å². The van der Waals surface area contributed by atoms with Crippen molar-refractivity contribution in [3.8, 4) is 0 Å². The van der Waals surface area contributed by atoms with Gasteiger partial charge in [-0.25, -0.2) is 0 Å². The first-order valence-corrected chi connectivity index (χ1v) is 7.00. The Hall–Kier alpha value is -1.06. The molecule has 0 aliphatic heterocycles. The van der Waals surface area contributed by atoms with Crippen LogP contribution in [0, 0.1) is 11.3 Å². The molecule has 0 spiro atoms. The smallest absolute Gasteiger partial charge is 0.303 e.